The van der Waals surface area contributed by atoms with Crippen molar-refractivity contribution in [3.63, 3.8) is 0 Å². The zero-order chi connectivity index (χ0) is 18.4. The van der Waals surface area contributed by atoms with Gasteiger partial charge in [-0.3, -0.25) is 4.79 Å². The van der Waals surface area contributed by atoms with E-state index < -0.39 is 5.91 Å². The van der Waals surface area contributed by atoms with Crippen LogP contribution in [0.2, 0.25) is 0 Å². The summed E-state index contributed by atoms with van der Waals surface area (Å²) in [5, 5.41) is 0. The SMILES string of the molecule is CCCCCCCCC1CCC2Cc3c(cccc3OCC(N)=O)CC12. The van der Waals surface area contributed by atoms with Gasteiger partial charge in [0.15, 0.2) is 6.61 Å². The van der Waals surface area contributed by atoms with Crippen molar-refractivity contribution in [1.29, 1.82) is 0 Å². The van der Waals surface area contributed by atoms with Gasteiger partial charge in [-0.05, 0) is 60.6 Å². The van der Waals surface area contributed by atoms with E-state index in [-0.39, 0.29) is 6.61 Å². The highest BCUT2D eigenvalue weighted by atomic mass is 16.5. The Labute approximate surface area is 158 Å². The fourth-order valence-electron chi connectivity index (χ4n) is 5.21. The van der Waals surface area contributed by atoms with Crippen molar-refractivity contribution >= 4 is 5.91 Å². The molecule has 2 aliphatic carbocycles. The quantitative estimate of drug-likeness (QED) is 0.596. The van der Waals surface area contributed by atoms with Gasteiger partial charge in [-0.15, -0.1) is 0 Å². The van der Waals surface area contributed by atoms with Crippen molar-refractivity contribution < 1.29 is 9.53 Å². The molecule has 3 nitrogen and oxygen atoms in total. The first-order valence-corrected chi connectivity index (χ1v) is 10.7. The van der Waals surface area contributed by atoms with Gasteiger partial charge < -0.3 is 10.5 Å². The van der Waals surface area contributed by atoms with E-state index in [1.807, 2.05) is 6.07 Å². The lowest BCUT2D eigenvalue weighted by molar-refractivity contribution is -0.119. The summed E-state index contributed by atoms with van der Waals surface area (Å²) < 4.78 is 5.68. The van der Waals surface area contributed by atoms with Gasteiger partial charge in [-0.1, -0.05) is 64.0 Å². The molecule has 1 aromatic rings. The largest absolute Gasteiger partial charge is 0.483 e. The van der Waals surface area contributed by atoms with E-state index in [0.717, 1.165) is 29.9 Å². The van der Waals surface area contributed by atoms with Crippen LogP contribution in [0.3, 0.4) is 0 Å². The van der Waals surface area contributed by atoms with Crippen LogP contribution in [0.1, 0.15) is 75.8 Å². The Hall–Kier alpha value is -1.51. The number of primary amides is 1. The second-order valence-electron chi connectivity index (χ2n) is 8.37. The number of hydrogen-bond donors (Lipinski definition) is 1. The highest BCUT2D eigenvalue weighted by Gasteiger charge is 2.39. The summed E-state index contributed by atoms with van der Waals surface area (Å²) in [6.45, 7) is 2.26. The molecule has 1 amide bonds. The molecule has 3 atom stereocenters. The Balaban J connectivity index is 1.55. The normalized spacial score (nSPS) is 24.1. The average molecular weight is 358 g/mol. The number of amides is 1. The minimum atomic E-state index is -0.406. The van der Waals surface area contributed by atoms with Crippen molar-refractivity contribution in [2.75, 3.05) is 6.61 Å². The molecule has 3 unspecified atom stereocenters. The lowest BCUT2D eigenvalue weighted by atomic mass is 9.73. The molecule has 1 fully saturated rings. The minimum Gasteiger partial charge on any atom is -0.483 e. The summed E-state index contributed by atoms with van der Waals surface area (Å²) in [6, 6.07) is 6.31. The van der Waals surface area contributed by atoms with Crippen LogP contribution >= 0.6 is 0 Å². The number of unbranched alkanes of at least 4 members (excludes halogenated alkanes) is 5. The minimum absolute atomic E-state index is 0.0226. The van der Waals surface area contributed by atoms with E-state index in [4.69, 9.17) is 10.5 Å². The molecule has 0 spiro atoms. The summed E-state index contributed by atoms with van der Waals surface area (Å²) >= 11 is 0. The highest BCUT2D eigenvalue weighted by Crippen LogP contribution is 2.48. The molecule has 1 aromatic carbocycles. The molecular weight excluding hydrogens is 322 g/mol. The van der Waals surface area contributed by atoms with Crippen molar-refractivity contribution in [3.05, 3.63) is 29.3 Å². The molecule has 1 saturated carbocycles. The molecule has 2 N–H and O–H groups in total. The lowest BCUT2D eigenvalue weighted by Crippen LogP contribution is -2.26. The van der Waals surface area contributed by atoms with Crippen LogP contribution < -0.4 is 10.5 Å². The van der Waals surface area contributed by atoms with Crippen molar-refractivity contribution in [1.82, 2.24) is 0 Å². The molecule has 3 heteroatoms. The Morgan fingerprint density at radius 2 is 1.92 bits per heavy atom. The molecular formula is C23H35NO2. The standard InChI is InChI=1S/C23H35NO2/c1-2-3-4-5-6-7-9-17-12-13-19-15-21-18(14-20(17)19)10-8-11-22(21)26-16-23(24)25/h8,10-11,17,19-20H,2-7,9,12-16H2,1H3,(H2,24,25). The maximum absolute atomic E-state index is 11.0. The number of ether oxygens (including phenoxy) is 1. The van der Waals surface area contributed by atoms with Crippen LogP contribution in [0.25, 0.3) is 0 Å². The van der Waals surface area contributed by atoms with E-state index in [0.29, 0.717) is 0 Å². The highest BCUT2D eigenvalue weighted by molar-refractivity contribution is 5.75. The molecule has 0 aromatic heterocycles. The topological polar surface area (TPSA) is 52.3 Å². The number of carbonyl (C=O) groups excluding carboxylic acids is 1. The molecule has 2 aliphatic rings. The van der Waals surface area contributed by atoms with Gasteiger partial charge in [0, 0.05) is 0 Å². The first-order valence-electron chi connectivity index (χ1n) is 10.7. The van der Waals surface area contributed by atoms with Crippen LogP contribution in [0.15, 0.2) is 18.2 Å². The molecule has 0 radical (unpaired) electrons. The molecule has 0 bridgehead atoms. The van der Waals surface area contributed by atoms with E-state index in [1.165, 1.54) is 75.3 Å². The monoisotopic (exact) mass is 357 g/mol. The summed E-state index contributed by atoms with van der Waals surface area (Å²) in [5.41, 5.74) is 8.00. The molecule has 3 rings (SSSR count). The van der Waals surface area contributed by atoms with Crippen molar-refractivity contribution in [3.8, 4) is 5.75 Å². The summed E-state index contributed by atoms with van der Waals surface area (Å²) in [4.78, 5) is 11.0. The number of benzene rings is 1. The third kappa shape index (κ3) is 4.81. The lowest BCUT2D eigenvalue weighted by Gasteiger charge is -2.32. The van der Waals surface area contributed by atoms with Gasteiger partial charge in [0.25, 0.3) is 5.91 Å². The molecule has 0 aliphatic heterocycles. The molecule has 0 heterocycles. The second-order valence-corrected chi connectivity index (χ2v) is 8.37. The number of carbonyl (C=O) groups is 1. The predicted octanol–water partition coefficient (Wildman–Crippen LogP) is 5.04. The van der Waals surface area contributed by atoms with Crippen molar-refractivity contribution in [2.45, 2.75) is 77.6 Å². The third-order valence-electron chi connectivity index (χ3n) is 6.57. The number of rotatable bonds is 10. The molecule has 0 saturated heterocycles. The predicted molar refractivity (Wildman–Crippen MR) is 106 cm³/mol. The van der Waals surface area contributed by atoms with Crippen LogP contribution in [0, 0.1) is 17.8 Å². The van der Waals surface area contributed by atoms with Gasteiger partial charge >= 0.3 is 0 Å². The zero-order valence-electron chi connectivity index (χ0n) is 16.3. The maximum atomic E-state index is 11.0. The average Bonchev–Trinajstić information content (AvgIpc) is 3.03. The second kappa shape index (κ2) is 9.43. The Morgan fingerprint density at radius 3 is 2.73 bits per heavy atom. The van der Waals surface area contributed by atoms with Crippen LogP contribution in [0.5, 0.6) is 5.75 Å². The summed E-state index contributed by atoms with van der Waals surface area (Å²) in [6.07, 6.45) is 14.8. The number of nitrogens with two attached hydrogens (primary N) is 1. The maximum Gasteiger partial charge on any atom is 0.255 e. The molecule has 144 valence electrons. The smallest absolute Gasteiger partial charge is 0.255 e. The van der Waals surface area contributed by atoms with E-state index >= 15 is 0 Å². The van der Waals surface area contributed by atoms with Gasteiger partial charge in [0.05, 0.1) is 0 Å². The third-order valence-corrected chi connectivity index (χ3v) is 6.57. The number of hydrogen-bond acceptors (Lipinski definition) is 2. The van der Waals surface area contributed by atoms with E-state index in [1.54, 1.807) is 0 Å². The molecule has 26 heavy (non-hydrogen) atoms. The van der Waals surface area contributed by atoms with Gasteiger partial charge in [-0.2, -0.15) is 0 Å². The Bertz CT molecular complexity index is 598. The number of fused-ring (bicyclic) bond motifs is 2. The Kier molecular flexibility index (Phi) is 6.99. The van der Waals surface area contributed by atoms with Gasteiger partial charge in [0.1, 0.15) is 5.75 Å². The Morgan fingerprint density at radius 1 is 1.12 bits per heavy atom. The van der Waals surface area contributed by atoms with Gasteiger partial charge in [0.2, 0.25) is 0 Å². The zero-order valence-corrected chi connectivity index (χ0v) is 16.3. The van der Waals surface area contributed by atoms with Gasteiger partial charge in [-0.25, -0.2) is 0 Å². The van der Waals surface area contributed by atoms with E-state index in [2.05, 4.69) is 19.1 Å². The first-order chi connectivity index (χ1) is 12.7. The van der Waals surface area contributed by atoms with Crippen molar-refractivity contribution in [2.24, 2.45) is 23.5 Å². The van der Waals surface area contributed by atoms with Crippen LogP contribution in [-0.2, 0) is 17.6 Å². The van der Waals surface area contributed by atoms with Crippen LogP contribution in [0.4, 0.5) is 0 Å². The van der Waals surface area contributed by atoms with Crippen LogP contribution in [-0.4, -0.2) is 12.5 Å². The van der Waals surface area contributed by atoms with E-state index in [9.17, 15) is 4.79 Å². The first kappa shape index (κ1) is 19.3. The fraction of sp³-hybridized carbons (Fsp3) is 0.696. The summed E-state index contributed by atoms with van der Waals surface area (Å²) in [7, 11) is 0. The fourth-order valence-corrected chi connectivity index (χ4v) is 5.21. The summed E-state index contributed by atoms with van der Waals surface area (Å²) in [5.74, 6) is 3.03.